The first-order valence-corrected chi connectivity index (χ1v) is 13.1. The quantitative estimate of drug-likeness (QED) is 0.360. The fourth-order valence-electron chi connectivity index (χ4n) is 5.17. The minimum Gasteiger partial charge on any atom is -0.453 e. The lowest BCUT2D eigenvalue weighted by Crippen LogP contribution is -2.55. The third-order valence-electron chi connectivity index (χ3n) is 7.14. The Bertz CT molecular complexity index is 1450. The van der Waals surface area contributed by atoms with Crippen LogP contribution in [0.2, 0.25) is 5.02 Å². The second kappa shape index (κ2) is 11.3. The molecule has 0 aromatic heterocycles. The van der Waals surface area contributed by atoms with E-state index in [-0.39, 0.29) is 24.9 Å². The van der Waals surface area contributed by atoms with E-state index in [2.05, 4.69) is 26.0 Å². The summed E-state index contributed by atoms with van der Waals surface area (Å²) in [6.07, 6.45) is 0.164. The van der Waals surface area contributed by atoms with Gasteiger partial charge in [0.25, 0.3) is 5.91 Å². The van der Waals surface area contributed by atoms with Crippen LogP contribution in [-0.4, -0.2) is 55.1 Å². The van der Waals surface area contributed by atoms with Gasteiger partial charge in [-0.1, -0.05) is 41.9 Å². The molecule has 5 amide bonds. The highest BCUT2D eigenvalue weighted by Gasteiger charge is 2.47. The molecule has 4 N–H and O–H groups in total. The van der Waals surface area contributed by atoms with E-state index < -0.39 is 23.6 Å². The first kappa shape index (κ1) is 27.0. The van der Waals surface area contributed by atoms with E-state index in [1.165, 1.54) is 7.11 Å². The Kier molecular flexibility index (Phi) is 7.61. The summed E-state index contributed by atoms with van der Waals surface area (Å²) in [5, 5.41) is 11.8. The van der Waals surface area contributed by atoms with Crippen LogP contribution in [0.4, 0.5) is 21.0 Å². The van der Waals surface area contributed by atoms with Gasteiger partial charge in [-0.2, -0.15) is 0 Å². The number of carbonyl (C=O) groups excluding carboxylic acids is 4. The number of methoxy groups -OCH3 is 1. The molecule has 5 rings (SSSR count). The number of rotatable bonds is 6. The van der Waals surface area contributed by atoms with Crippen molar-refractivity contribution >= 4 is 46.9 Å². The van der Waals surface area contributed by atoms with Gasteiger partial charge in [-0.15, -0.1) is 0 Å². The first-order valence-electron chi connectivity index (χ1n) is 12.7. The Balaban J connectivity index is 1.36. The minimum atomic E-state index is -0.853. The Morgan fingerprint density at radius 1 is 1.07 bits per heavy atom. The monoisotopic (exact) mass is 561 g/mol. The number of nitrogens with one attached hydrogen (secondary N) is 4. The number of likely N-dealkylation sites (tertiary alicyclic amines) is 1. The smallest absolute Gasteiger partial charge is 0.411 e. The summed E-state index contributed by atoms with van der Waals surface area (Å²) in [5.41, 5.74) is 2.36. The van der Waals surface area contributed by atoms with Crippen LogP contribution in [0.1, 0.15) is 27.9 Å². The zero-order valence-electron chi connectivity index (χ0n) is 21.7. The first-order chi connectivity index (χ1) is 19.3. The molecule has 10 nitrogen and oxygen atoms in total. The van der Waals surface area contributed by atoms with E-state index in [9.17, 15) is 19.2 Å². The van der Waals surface area contributed by atoms with Crippen molar-refractivity contribution in [3.63, 3.8) is 0 Å². The number of fused-ring (bicyclic) bond motifs is 2. The van der Waals surface area contributed by atoms with Gasteiger partial charge in [-0.25, -0.2) is 9.59 Å². The number of amides is 5. The minimum absolute atomic E-state index is 0.238. The van der Waals surface area contributed by atoms with Crippen LogP contribution in [0.3, 0.4) is 0 Å². The Labute approximate surface area is 236 Å². The molecule has 2 heterocycles. The molecule has 0 saturated carbocycles. The molecule has 1 spiro atoms. The number of anilines is 2. The number of nitrogens with zero attached hydrogens (tertiary/aromatic N) is 1. The van der Waals surface area contributed by atoms with Crippen molar-refractivity contribution in [2.24, 2.45) is 0 Å². The highest BCUT2D eigenvalue weighted by molar-refractivity contribution is 6.30. The molecule has 3 aromatic rings. The standard InChI is InChI=1S/C29H28ClN5O5/c1-40-28(39)31-21-10-7-19(8-11-21)25(36)32-24(15-18-5-3-2-4-6-18)26(37)35-14-13-29(17-35)22-16-20(30)9-12-23(22)33-27(38)34-29/h2-12,16,24H,13-15,17H2,1H3,(H,31,39)(H,32,36)(H2,33,34,38). The summed E-state index contributed by atoms with van der Waals surface area (Å²) < 4.78 is 4.58. The zero-order chi connectivity index (χ0) is 28.3. The lowest BCUT2D eigenvalue weighted by atomic mass is 9.86. The summed E-state index contributed by atoms with van der Waals surface area (Å²) in [7, 11) is 1.26. The Morgan fingerprint density at radius 3 is 2.55 bits per heavy atom. The summed E-state index contributed by atoms with van der Waals surface area (Å²) in [6.45, 7) is 0.627. The van der Waals surface area contributed by atoms with Gasteiger partial charge in [-0.3, -0.25) is 14.9 Å². The number of benzene rings is 3. The number of hydrogen-bond acceptors (Lipinski definition) is 5. The number of ether oxygens (including phenoxy) is 1. The molecule has 0 bridgehead atoms. The number of urea groups is 1. The van der Waals surface area contributed by atoms with Crippen molar-refractivity contribution in [1.82, 2.24) is 15.5 Å². The molecular weight excluding hydrogens is 534 g/mol. The topological polar surface area (TPSA) is 129 Å². The molecule has 2 unspecified atom stereocenters. The summed E-state index contributed by atoms with van der Waals surface area (Å²) in [5.74, 6) is -0.686. The summed E-state index contributed by atoms with van der Waals surface area (Å²) in [6, 6.07) is 19.8. The maximum Gasteiger partial charge on any atom is 0.411 e. The fraction of sp³-hybridized carbons (Fsp3) is 0.241. The third kappa shape index (κ3) is 5.72. The molecule has 1 fully saturated rings. The highest BCUT2D eigenvalue weighted by atomic mass is 35.5. The fourth-order valence-corrected chi connectivity index (χ4v) is 5.34. The van der Waals surface area contributed by atoms with Gasteiger partial charge in [0.1, 0.15) is 6.04 Å². The maximum atomic E-state index is 13.9. The van der Waals surface area contributed by atoms with Crippen molar-refractivity contribution in [3.8, 4) is 0 Å². The van der Waals surface area contributed by atoms with Crippen LogP contribution < -0.4 is 21.3 Å². The number of hydrogen-bond donors (Lipinski definition) is 4. The molecule has 206 valence electrons. The van der Waals surface area contributed by atoms with Crippen LogP contribution in [-0.2, 0) is 21.5 Å². The van der Waals surface area contributed by atoms with E-state index in [1.54, 1.807) is 47.4 Å². The largest absolute Gasteiger partial charge is 0.453 e. The van der Waals surface area contributed by atoms with E-state index in [0.29, 0.717) is 34.9 Å². The van der Waals surface area contributed by atoms with E-state index in [0.717, 1.165) is 11.1 Å². The average molecular weight is 562 g/mol. The van der Waals surface area contributed by atoms with E-state index in [4.69, 9.17) is 11.6 Å². The van der Waals surface area contributed by atoms with Crippen LogP contribution in [0.25, 0.3) is 0 Å². The molecular formula is C29H28ClN5O5. The SMILES string of the molecule is COC(=O)Nc1ccc(C(=O)NC(Cc2ccccc2)C(=O)N2CCC3(C2)NC(=O)Nc2ccc(Cl)cc23)cc1. The molecule has 2 aliphatic rings. The average Bonchev–Trinajstić information content (AvgIpc) is 3.37. The second-order valence-corrected chi connectivity index (χ2v) is 10.2. The third-order valence-corrected chi connectivity index (χ3v) is 7.38. The summed E-state index contributed by atoms with van der Waals surface area (Å²) in [4.78, 5) is 52.7. The van der Waals surface area contributed by atoms with Crippen molar-refractivity contribution in [2.45, 2.75) is 24.4 Å². The normalized spacial score (nSPS) is 18.2. The Morgan fingerprint density at radius 2 is 1.82 bits per heavy atom. The van der Waals surface area contributed by atoms with Crippen molar-refractivity contribution < 1.29 is 23.9 Å². The van der Waals surface area contributed by atoms with E-state index >= 15 is 0 Å². The molecule has 3 aromatic carbocycles. The maximum absolute atomic E-state index is 13.9. The predicted molar refractivity (Wildman–Crippen MR) is 150 cm³/mol. The van der Waals surface area contributed by atoms with Gasteiger partial charge in [0.05, 0.1) is 12.6 Å². The molecule has 11 heteroatoms. The van der Waals surface area contributed by atoms with Gasteiger partial charge >= 0.3 is 12.1 Å². The molecule has 2 atom stereocenters. The molecule has 0 radical (unpaired) electrons. The molecule has 1 saturated heterocycles. The zero-order valence-corrected chi connectivity index (χ0v) is 22.5. The van der Waals surface area contributed by atoms with Crippen molar-refractivity contribution in [2.75, 3.05) is 30.8 Å². The van der Waals surface area contributed by atoms with Crippen molar-refractivity contribution in [1.29, 1.82) is 0 Å². The predicted octanol–water partition coefficient (Wildman–Crippen LogP) is 4.12. The van der Waals surface area contributed by atoms with Crippen LogP contribution in [0.15, 0.2) is 72.8 Å². The van der Waals surface area contributed by atoms with Crippen LogP contribution in [0, 0.1) is 0 Å². The lowest BCUT2D eigenvalue weighted by Gasteiger charge is -2.37. The Hall–Kier alpha value is -4.57. The van der Waals surface area contributed by atoms with Gasteiger partial charge in [-0.05, 0) is 54.4 Å². The molecule has 0 aliphatic carbocycles. The van der Waals surface area contributed by atoms with Gasteiger partial charge < -0.3 is 25.6 Å². The van der Waals surface area contributed by atoms with Crippen molar-refractivity contribution in [3.05, 3.63) is 94.5 Å². The summed E-state index contributed by atoms with van der Waals surface area (Å²) >= 11 is 6.28. The molecule has 2 aliphatic heterocycles. The van der Waals surface area contributed by atoms with E-state index in [1.807, 2.05) is 30.3 Å². The van der Waals surface area contributed by atoms with Gasteiger partial charge in [0.15, 0.2) is 0 Å². The molecule has 40 heavy (non-hydrogen) atoms. The van der Waals surface area contributed by atoms with Gasteiger partial charge in [0, 0.05) is 47.0 Å². The second-order valence-electron chi connectivity index (χ2n) is 9.77. The van der Waals surface area contributed by atoms with Crippen LogP contribution >= 0.6 is 11.6 Å². The van der Waals surface area contributed by atoms with Crippen LogP contribution in [0.5, 0.6) is 0 Å². The highest BCUT2D eigenvalue weighted by Crippen LogP contribution is 2.40. The number of carbonyl (C=O) groups is 4. The lowest BCUT2D eigenvalue weighted by molar-refractivity contribution is -0.132. The van der Waals surface area contributed by atoms with Gasteiger partial charge in [0.2, 0.25) is 5.91 Å². The number of halogens is 1.